The van der Waals surface area contributed by atoms with Crippen molar-refractivity contribution in [1.82, 2.24) is 14.8 Å². The van der Waals surface area contributed by atoms with Crippen LogP contribution in [0.4, 0.5) is 0 Å². The summed E-state index contributed by atoms with van der Waals surface area (Å²) in [5.41, 5.74) is 1.05. The molecule has 0 radical (unpaired) electrons. The summed E-state index contributed by atoms with van der Waals surface area (Å²) in [5.74, 6) is 0. The molecule has 0 aliphatic carbocycles. The van der Waals surface area contributed by atoms with E-state index in [1.54, 1.807) is 11.0 Å². The van der Waals surface area contributed by atoms with Gasteiger partial charge < -0.3 is 5.11 Å². The van der Waals surface area contributed by atoms with E-state index in [1.165, 1.54) is 6.33 Å². The zero-order valence-electron chi connectivity index (χ0n) is 9.90. The van der Waals surface area contributed by atoms with Crippen LogP contribution in [0.5, 0.6) is 0 Å². The number of nitrogens with zero attached hydrogens (tertiary/aromatic N) is 3. The van der Waals surface area contributed by atoms with Crippen LogP contribution in [0.3, 0.4) is 0 Å². The first kappa shape index (κ1) is 11.8. The predicted molar refractivity (Wildman–Crippen MR) is 65.5 cm³/mol. The van der Waals surface area contributed by atoms with Crippen LogP contribution >= 0.6 is 0 Å². The Kier molecular flexibility index (Phi) is 3.88. The molecule has 1 aromatic carbocycles. The van der Waals surface area contributed by atoms with E-state index in [1.807, 2.05) is 30.3 Å². The molecule has 0 spiro atoms. The van der Waals surface area contributed by atoms with E-state index in [4.69, 9.17) is 0 Å². The van der Waals surface area contributed by atoms with E-state index in [9.17, 15) is 5.11 Å². The third-order valence-corrected chi connectivity index (χ3v) is 2.81. The van der Waals surface area contributed by atoms with Crippen LogP contribution < -0.4 is 0 Å². The van der Waals surface area contributed by atoms with Crippen LogP contribution in [0.1, 0.15) is 31.4 Å². The highest BCUT2D eigenvalue weighted by Gasteiger charge is 2.22. The molecule has 2 atom stereocenters. The van der Waals surface area contributed by atoms with Gasteiger partial charge in [-0.15, -0.1) is 0 Å². The third kappa shape index (κ3) is 2.71. The lowest BCUT2D eigenvalue weighted by molar-refractivity contribution is 0.114. The van der Waals surface area contributed by atoms with Crippen molar-refractivity contribution in [3.05, 3.63) is 48.5 Å². The zero-order chi connectivity index (χ0) is 12.1. The summed E-state index contributed by atoms with van der Waals surface area (Å²) in [6.45, 7) is 2.06. The van der Waals surface area contributed by atoms with Crippen LogP contribution in [0.2, 0.25) is 0 Å². The summed E-state index contributed by atoms with van der Waals surface area (Å²) in [5, 5.41) is 14.4. The number of hydrogen-bond donors (Lipinski definition) is 1. The van der Waals surface area contributed by atoms with Gasteiger partial charge in [0.2, 0.25) is 0 Å². The Morgan fingerprint density at radius 2 is 2.06 bits per heavy atom. The number of benzene rings is 1. The first-order chi connectivity index (χ1) is 8.33. The van der Waals surface area contributed by atoms with Gasteiger partial charge in [-0.25, -0.2) is 9.67 Å². The van der Waals surface area contributed by atoms with Gasteiger partial charge in [0.25, 0.3) is 0 Å². The largest absolute Gasteiger partial charge is 0.391 e. The normalized spacial score (nSPS) is 14.5. The van der Waals surface area contributed by atoms with Gasteiger partial charge in [0, 0.05) is 0 Å². The fraction of sp³-hybridized carbons (Fsp3) is 0.385. The van der Waals surface area contributed by atoms with Crippen LogP contribution in [0.15, 0.2) is 43.0 Å². The number of hydrogen-bond acceptors (Lipinski definition) is 3. The first-order valence-electron chi connectivity index (χ1n) is 5.90. The van der Waals surface area contributed by atoms with E-state index < -0.39 is 6.10 Å². The minimum atomic E-state index is -0.441. The van der Waals surface area contributed by atoms with Gasteiger partial charge in [-0.05, 0) is 12.0 Å². The summed E-state index contributed by atoms with van der Waals surface area (Å²) >= 11 is 0. The van der Waals surface area contributed by atoms with Gasteiger partial charge >= 0.3 is 0 Å². The lowest BCUT2D eigenvalue weighted by Gasteiger charge is -2.23. The average molecular weight is 231 g/mol. The smallest absolute Gasteiger partial charge is 0.137 e. The molecule has 0 bridgehead atoms. The summed E-state index contributed by atoms with van der Waals surface area (Å²) < 4.78 is 1.72. The Balaban J connectivity index is 2.31. The summed E-state index contributed by atoms with van der Waals surface area (Å²) in [6, 6.07) is 9.76. The molecule has 0 amide bonds. The second kappa shape index (κ2) is 5.59. The van der Waals surface area contributed by atoms with Gasteiger partial charge in [0.1, 0.15) is 18.7 Å². The van der Waals surface area contributed by atoms with Gasteiger partial charge in [-0.1, -0.05) is 43.7 Å². The van der Waals surface area contributed by atoms with E-state index in [-0.39, 0.29) is 6.04 Å². The van der Waals surface area contributed by atoms with Crippen molar-refractivity contribution < 1.29 is 5.11 Å². The highest BCUT2D eigenvalue weighted by molar-refractivity contribution is 5.20. The quantitative estimate of drug-likeness (QED) is 0.856. The third-order valence-electron chi connectivity index (χ3n) is 2.81. The van der Waals surface area contributed by atoms with Crippen molar-refractivity contribution in [2.75, 3.05) is 0 Å². The standard InChI is InChI=1S/C13H17N3O/c1-2-6-12(17)13(16-10-14-9-15-16)11-7-4-3-5-8-11/h3-5,7-10,12-13,17H,2,6H2,1H3. The van der Waals surface area contributed by atoms with Crippen molar-refractivity contribution in [2.45, 2.75) is 31.9 Å². The van der Waals surface area contributed by atoms with Crippen molar-refractivity contribution in [3.63, 3.8) is 0 Å². The fourth-order valence-corrected chi connectivity index (χ4v) is 2.02. The second-order valence-corrected chi connectivity index (χ2v) is 4.09. The number of rotatable bonds is 5. The zero-order valence-corrected chi connectivity index (χ0v) is 9.90. The van der Waals surface area contributed by atoms with E-state index >= 15 is 0 Å². The molecular formula is C13H17N3O. The monoisotopic (exact) mass is 231 g/mol. The van der Waals surface area contributed by atoms with Crippen LogP contribution in [0, 0.1) is 0 Å². The molecule has 17 heavy (non-hydrogen) atoms. The molecule has 90 valence electrons. The van der Waals surface area contributed by atoms with E-state index in [2.05, 4.69) is 17.0 Å². The predicted octanol–water partition coefficient (Wildman–Crippen LogP) is 2.03. The summed E-state index contributed by atoms with van der Waals surface area (Å²) in [7, 11) is 0. The molecule has 2 rings (SSSR count). The lowest BCUT2D eigenvalue weighted by Crippen LogP contribution is -2.25. The van der Waals surface area contributed by atoms with Gasteiger partial charge in [0.15, 0.2) is 0 Å². The fourth-order valence-electron chi connectivity index (χ4n) is 2.02. The molecule has 0 fully saturated rings. The molecule has 0 saturated heterocycles. The molecule has 2 aromatic rings. The highest BCUT2D eigenvalue weighted by Crippen LogP contribution is 2.23. The van der Waals surface area contributed by atoms with Crippen molar-refractivity contribution in [2.24, 2.45) is 0 Å². The Labute approximate surface area is 101 Å². The molecule has 2 unspecified atom stereocenters. The van der Waals surface area contributed by atoms with Crippen molar-refractivity contribution in [3.8, 4) is 0 Å². The molecule has 4 nitrogen and oxygen atoms in total. The van der Waals surface area contributed by atoms with Crippen molar-refractivity contribution >= 4 is 0 Å². The van der Waals surface area contributed by atoms with Crippen LogP contribution in [0.25, 0.3) is 0 Å². The molecular weight excluding hydrogens is 214 g/mol. The topological polar surface area (TPSA) is 50.9 Å². The van der Waals surface area contributed by atoms with Crippen LogP contribution in [-0.2, 0) is 0 Å². The first-order valence-corrected chi connectivity index (χ1v) is 5.90. The van der Waals surface area contributed by atoms with Gasteiger partial charge in [-0.3, -0.25) is 0 Å². The SMILES string of the molecule is CCCC(O)C(c1ccccc1)n1cncn1. The number of aromatic nitrogens is 3. The van der Waals surface area contributed by atoms with Gasteiger partial charge in [0.05, 0.1) is 6.10 Å². The van der Waals surface area contributed by atoms with Crippen molar-refractivity contribution in [1.29, 1.82) is 0 Å². The maximum Gasteiger partial charge on any atom is 0.137 e. The highest BCUT2D eigenvalue weighted by atomic mass is 16.3. The Morgan fingerprint density at radius 3 is 2.65 bits per heavy atom. The number of aliphatic hydroxyl groups is 1. The van der Waals surface area contributed by atoms with Crippen LogP contribution in [-0.4, -0.2) is 26.0 Å². The Morgan fingerprint density at radius 1 is 1.29 bits per heavy atom. The maximum absolute atomic E-state index is 10.2. The summed E-state index contributed by atoms with van der Waals surface area (Å²) in [4.78, 5) is 3.95. The van der Waals surface area contributed by atoms with E-state index in [0.29, 0.717) is 0 Å². The van der Waals surface area contributed by atoms with E-state index in [0.717, 1.165) is 18.4 Å². The Bertz CT molecular complexity index is 427. The second-order valence-electron chi connectivity index (χ2n) is 4.09. The van der Waals surface area contributed by atoms with Gasteiger partial charge in [-0.2, -0.15) is 5.10 Å². The minimum Gasteiger partial charge on any atom is -0.391 e. The molecule has 4 heteroatoms. The minimum absolute atomic E-state index is 0.154. The average Bonchev–Trinajstić information content (AvgIpc) is 2.85. The summed E-state index contributed by atoms with van der Waals surface area (Å²) in [6.07, 6.45) is 4.40. The molecule has 1 heterocycles. The molecule has 1 N–H and O–H groups in total. The lowest BCUT2D eigenvalue weighted by atomic mass is 9.98. The molecule has 0 aliphatic heterocycles. The molecule has 0 saturated carbocycles. The number of aliphatic hydroxyl groups excluding tert-OH is 1. The molecule has 0 aliphatic rings. The maximum atomic E-state index is 10.2. The molecule has 1 aromatic heterocycles. The Hall–Kier alpha value is -1.68.